The summed E-state index contributed by atoms with van der Waals surface area (Å²) < 4.78 is 7.58. The molecule has 7 rings (SSSR count). The molecule has 1 spiro atoms. The zero-order valence-corrected chi connectivity index (χ0v) is 21.8. The number of hydrogen-bond donors (Lipinski definition) is 2. The SMILES string of the molecule is Cn1cnnc1CC1(c2cccc(NC(=O)c3cc(N4CC5(CCNCC5)C4)nc(C4CC4)n3)c2)COC1. The van der Waals surface area contributed by atoms with Gasteiger partial charge in [-0.3, -0.25) is 4.79 Å². The Bertz CT molecular complexity index is 1350. The van der Waals surface area contributed by atoms with Gasteiger partial charge in [0.1, 0.15) is 29.5 Å². The maximum atomic E-state index is 13.5. The first-order chi connectivity index (χ1) is 18.5. The van der Waals surface area contributed by atoms with Gasteiger partial charge in [-0.05, 0) is 56.5 Å². The summed E-state index contributed by atoms with van der Waals surface area (Å²) in [6.45, 7) is 5.42. The lowest BCUT2D eigenvalue weighted by Gasteiger charge is -2.53. The molecular formula is C28H34N8O2. The van der Waals surface area contributed by atoms with Gasteiger partial charge in [0, 0.05) is 55.1 Å². The van der Waals surface area contributed by atoms with E-state index in [-0.39, 0.29) is 11.3 Å². The van der Waals surface area contributed by atoms with Gasteiger partial charge in [0.25, 0.3) is 5.91 Å². The molecule has 3 saturated heterocycles. The van der Waals surface area contributed by atoms with Gasteiger partial charge in [-0.15, -0.1) is 10.2 Å². The second kappa shape index (κ2) is 9.13. The van der Waals surface area contributed by atoms with E-state index in [4.69, 9.17) is 14.7 Å². The van der Waals surface area contributed by atoms with Gasteiger partial charge in [-0.1, -0.05) is 12.1 Å². The summed E-state index contributed by atoms with van der Waals surface area (Å²) in [7, 11) is 1.96. The molecule has 0 atom stereocenters. The van der Waals surface area contributed by atoms with E-state index in [0.717, 1.165) is 74.2 Å². The van der Waals surface area contributed by atoms with Crippen molar-refractivity contribution in [2.45, 2.75) is 43.4 Å². The van der Waals surface area contributed by atoms with Crippen LogP contribution in [-0.4, -0.2) is 70.0 Å². The van der Waals surface area contributed by atoms with Crippen LogP contribution in [-0.2, 0) is 23.6 Å². The normalized spacial score (nSPS) is 21.6. The van der Waals surface area contributed by atoms with Gasteiger partial charge < -0.3 is 24.8 Å². The van der Waals surface area contributed by atoms with Crippen molar-refractivity contribution < 1.29 is 9.53 Å². The highest BCUT2D eigenvalue weighted by atomic mass is 16.5. The lowest BCUT2D eigenvalue weighted by atomic mass is 9.72. The van der Waals surface area contributed by atoms with Gasteiger partial charge in [0.05, 0.1) is 13.2 Å². The number of anilines is 2. The van der Waals surface area contributed by atoms with Crippen molar-refractivity contribution in [2.75, 3.05) is 49.6 Å². The third-order valence-corrected chi connectivity index (χ3v) is 8.74. The van der Waals surface area contributed by atoms with Crippen LogP contribution in [0.2, 0.25) is 0 Å². The van der Waals surface area contributed by atoms with E-state index >= 15 is 0 Å². The minimum atomic E-state index is -0.197. The molecule has 10 nitrogen and oxygen atoms in total. The predicted octanol–water partition coefficient (Wildman–Crippen LogP) is 2.44. The molecule has 38 heavy (non-hydrogen) atoms. The van der Waals surface area contributed by atoms with Gasteiger partial charge in [-0.25, -0.2) is 9.97 Å². The summed E-state index contributed by atoms with van der Waals surface area (Å²) in [6, 6.07) is 9.94. The summed E-state index contributed by atoms with van der Waals surface area (Å²) >= 11 is 0. The Morgan fingerprint density at radius 3 is 2.66 bits per heavy atom. The first kappa shape index (κ1) is 23.7. The molecule has 1 aliphatic carbocycles. The van der Waals surface area contributed by atoms with Crippen molar-refractivity contribution in [1.29, 1.82) is 0 Å². The molecular weight excluding hydrogens is 480 g/mol. The number of rotatable bonds is 7. The zero-order valence-electron chi connectivity index (χ0n) is 21.8. The molecule has 3 aromatic rings. The van der Waals surface area contributed by atoms with Gasteiger partial charge in [0.15, 0.2) is 0 Å². The Morgan fingerprint density at radius 1 is 1.16 bits per heavy atom. The predicted molar refractivity (Wildman–Crippen MR) is 142 cm³/mol. The zero-order chi connectivity index (χ0) is 25.7. The fraction of sp³-hybridized carbons (Fsp3) is 0.536. The van der Waals surface area contributed by atoms with Crippen LogP contribution < -0.4 is 15.5 Å². The smallest absolute Gasteiger partial charge is 0.274 e. The fourth-order valence-corrected chi connectivity index (χ4v) is 6.06. The van der Waals surface area contributed by atoms with E-state index in [9.17, 15) is 4.79 Å². The highest BCUT2D eigenvalue weighted by Crippen LogP contribution is 2.43. The molecule has 0 radical (unpaired) electrons. The standard InChI is InChI=1S/C28H34N8O2/c1-35-18-30-34-24(35)13-28(16-38-17-28)20-3-2-4-21(11-20)31-26(37)22-12-23(33-25(32-22)19-5-6-19)36-14-27(15-36)7-9-29-10-8-27/h2-4,11-12,18-19,29H,5-10,13-17H2,1H3,(H,31,37). The minimum absolute atomic E-state index is 0.176. The third kappa shape index (κ3) is 4.35. The molecule has 3 aliphatic heterocycles. The lowest BCUT2D eigenvalue weighted by molar-refractivity contribution is -0.0610. The maximum absolute atomic E-state index is 13.5. The summed E-state index contributed by atoms with van der Waals surface area (Å²) in [5.74, 6) is 2.79. The first-order valence-electron chi connectivity index (χ1n) is 13.7. The Morgan fingerprint density at radius 2 is 1.97 bits per heavy atom. The number of aryl methyl sites for hydroxylation is 1. The largest absolute Gasteiger partial charge is 0.379 e. The van der Waals surface area contributed by atoms with E-state index in [0.29, 0.717) is 30.2 Å². The van der Waals surface area contributed by atoms with Crippen molar-refractivity contribution in [3.8, 4) is 0 Å². The van der Waals surface area contributed by atoms with E-state index < -0.39 is 0 Å². The second-order valence-corrected chi connectivity index (χ2v) is 11.7. The fourth-order valence-electron chi connectivity index (χ4n) is 6.06. The van der Waals surface area contributed by atoms with E-state index in [1.54, 1.807) is 6.33 Å². The van der Waals surface area contributed by atoms with Gasteiger partial charge >= 0.3 is 0 Å². The van der Waals surface area contributed by atoms with Crippen LogP contribution in [0.4, 0.5) is 11.5 Å². The van der Waals surface area contributed by atoms with Crippen LogP contribution >= 0.6 is 0 Å². The number of carbonyl (C=O) groups excluding carboxylic acids is 1. The Labute approximate surface area is 222 Å². The van der Waals surface area contributed by atoms with Gasteiger partial charge in [0.2, 0.25) is 0 Å². The van der Waals surface area contributed by atoms with Crippen molar-refractivity contribution in [3.63, 3.8) is 0 Å². The second-order valence-electron chi connectivity index (χ2n) is 11.7. The van der Waals surface area contributed by atoms with E-state index in [2.05, 4.69) is 37.9 Å². The average Bonchev–Trinajstić information content (AvgIpc) is 3.67. The Hall–Kier alpha value is -3.37. The third-order valence-electron chi connectivity index (χ3n) is 8.74. The molecule has 1 amide bonds. The number of nitrogens with zero attached hydrogens (tertiary/aromatic N) is 6. The molecule has 1 aromatic carbocycles. The quantitative estimate of drug-likeness (QED) is 0.495. The number of hydrogen-bond acceptors (Lipinski definition) is 8. The number of ether oxygens (including phenoxy) is 1. The van der Waals surface area contributed by atoms with E-state index in [1.165, 1.54) is 12.8 Å². The van der Waals surface area contributed by atoms with Crippen molar-refractivity contribution in [2.24, 2.45) is 12.5 Å². The van der Waals surface area contributed by atoms with Crippen LogP contribution in [0.25, 0.3) is 0 Å². The molecule has 4 aliphatic rings. The molecule has 2 N–H and O–H groups in total. The van der Waals surface area contributed by atoms with Crippen LogP contribution in [0.3, 0.4) is 0 Å². The topological polar surface area (TPSA) is 110 Å². The molecule has 1 saturated carbocycles. The molecule has 0 bridgehead atoms. The Balaban J connectivity index is 1.10. The van der Waals surface area contributed by atoms with Gasteiger partial charge in [-0.2, -0.15) is 0 Å². The molecule has 5 heterocycles. The molecule has 4 fully saturated rings. The highest BCUT2D eigenvalue weighted by Gasteiger charge is 2.45. The lowest BCUT2D eigenvalue weighted by Crippen LogP contribution is -2.60. The average molecular weight is 515 g/mol. The van der Waals surface area contributed by atoms with E-state index in [1.807, 2.05) is 29.8 Å². The summed E-state index contributed by atoms with van der Waals surface area (Å²) in [6.07, 6.45) is 7.05. The number of aromatic nitrogens is 5. The van der Waals surface area contributed by atoms with Crippen molar-refractivity contribution in [1.82, 2.24) is 30.0 Å². The Kier molecular flexibility index (Phi) is 5.70. The minimum Gasteiger partial charge on any atom is -0.379 e. The first-order valence-corrected chi connectivity index (χ1v) is 13.7. The molecule has 0 unspecified atom stereocenters. The molecule has 2 aromatic heterocycles. The number of nitrogens with one attached hydrogen (secondary N) is 2. The number of carbonyl (C=O) groups is 1. The maximum Gasteiger partial charge on any atom is 0.274 e. The van der Waals surface area contributed by atoms with Crippen molar-refractivity contribution >= 4 is 17.4 Å². The van der Waals surface area contributed by atoms with Crippen LogP contribution in [0.5, 0.6) is 0 Å². The molecule has 198 valence electrons. The van der Waals surface area contributed by atoms with Crippen LogP contribution in [0, 0.1) is 5.41 Å². The number of amides is 1. The van der Waals surface area contributed by atoms with Crippen LogP contribution in [0.1, 0.15) is 59.3 Å². The monoisotopic (exact) mass is 514 g/mol. The number of benzene rings is 1. The highest BCUT2D eigenvalue weighted by molar-refractivity contribution is 6.03. The summed E-state index contributed by atoms with van der Waals surface area (Å²) in [4.78, 5) is 25.4. The van der Waals surface area contributed by atoms with Crippen molar-refractivity contribution in [3.05, 3.63) is 59.6 Å². The summed E-state index contributed by atoms with van der Waals surface area (Å²) in [5, 5.41) is 14.9. The van der Waals surface area contributed by atoms with Crippen LogP contribution in [0.15, 0.2) is 36.7 Å². The summed E-state index contributed by atoms with van der Waals surface area (Å²) in [5.41, 5.74) is 2.53. The molecule has 10 heteroatoms. The number of piperidine rings is 1.